The Morgan fingerprint density at radius 3 is 2.60 bits per heavy atom. The van der Waals surface area contributed by atoms with Crippen molar-refractivity contribution in [3.63, 3.8) is 0 Å². The molecule has 2 aliphatic rings. The third-order valence-electron chi connectivity index (χ3n) is 6.17. The molecule has 0 radical (unpaired) electrons. The quantitative estimate of drug-likeness (QED) is 0.722. The summed E-state index contributed by atoms with van der Waals surface area (Å²) in [7, 11) is 3.30. The van der Waals surface area contributed by atoms with Gasteiger partial charge in [0.2, 0.25) is 5.91 Å². The summed E-state index contributed by atoms with van der Waals surface area (Å²) < 4.78 is 10.9. The molecule has 1 unspecified atom stereocenters. The average molecular weight is 405 g/mol. The van der Waals surface area contributed by atoms with E-state index in [1.54, 1.807) is 14.2 Å². The van der Waals surface area contributed by atoms with Crippen molar-refractivity contribution >= 4 is 17.3 Å². The first-order valence-corrected chi connectivity index (χ1v) is 10.4. The molecule has 1 fully saturated rings. The number of Topliss-reactive ketones (excluding diaryl/α,β-unsaturated/α-hetero) is 1. The first kappa shape index (κ1) is 20.2. The maximum atomic E-state index is 13.1. The first-order chi connectivity index (χ1) is 14.6. The van der Waals surface area contributed by atoms with Crippen LogP contribution in [0, 0.1) is 0 Å². The van der Waals surface area contributed by atoms with Gasteiger partial charge in [0.15, 0.2) is 5.78 Å². The third kappa shape index (κ3) is 3.97. The van der Waals surface area contributed by atoms with Crippen LogP contribution in [0.3, 0.4) is 0 Å². The van der Waals surface area contributed by atoms with Gasteiger partial charge in [-0.05, 0) is 42.2 Å². The summed E-state index contributed by atoms with van der Waals surface area (Å²) in [5.41, 5.74) is 3.83. The number of hydrogen-bond donors (Lipinski definition) is 0. The Labute approximate surface area is 177 Å². The van der Waals surface area contributed by atoms with E-state index in [4.69, 9.17) is 9.47 Å². The van der Waals surface area contributed by atoms with Gasteiger partial charge in [0.1, 0.15) is 11.5 Å². The molecule has 5 nitrogen and oxygen atoms in total. The van der Waals surface area contributed by atoms with Gasteiger partial charge < -0.3 is 14.4 Å². The Kier molecular flexibility index (Phi) is 5.88. The summed E-state index contributed by atoms with van der Waals surface area (Å²) in [5.74, 6) is 1.92. The minimum absolute atomic E-state index is 0.0260. The average Bonchev–Trinajstić information content (AvgIpc) is 3.41. The standard InChI is InChI=1S/C25H27NO4/c1-29-19-8-11-24(30-2)21(14-19)18-12-13-26(16-18)25(28)15-22-20(9-10-23(22)27)17-6-4-3-5-7-17/h3-8,11,14,18H,9-10,12-13,15-16H2,1-2H3. The first-order valence-electron chi connectivity index (χ1n) is 10.4. The number of methoxy groups -OCH3 is 2. The number of hydrogen-bond acceptors (Lipinski definition) is 4. The second kappa shape index (κ2) is 8.74. The van der Waals surface area contributed by atoms with E-state index in [0.717, 1.165) is 41.0 Å². The number of benzene rings is 2. The summed E-state index contributed by atoms with van der Waals surface area (Å²) in [6, 6.07) is 15.7. The van der Waals surface area contributed by atoms with Gasteiger partial charge in [-0.3, -0.25) is 9.59 Å². The van der Waals surface area contributed by atoms with Crippen molar-refractivity contribution in [2.24, 2.45) is 0 Å². The summed E-state index contributed by atoms with van der Waals surface area (Å²) >= 11 is 0. The normalized spacial score (nSPS) is 18.8. The van der Waals surface area contributed by atoms with Crippen LogP contribution in [0.4, 0.5) is 0 Å². The van der Waals surface area contributed by atoms with Crippen molar-refractivity contribution < 1.29 is 19.1 Å². The predicted molar refractivity (Wildman–Crippen MR) is 116 cm³/mol. The fraction of sp³-hybridized carbons (Fsp3) is 0.360. The SMILES string of the molecule is COc1ccc(OC)c(C2CCN(C(=O)CC3=C(c4ccccc4)CCC3=O)C2)c1. The minimum atomic E-state index is 0.0260. The minimum Gasteiger partial charge on any atom is -0.497 e. The van der Waals surface area contributed by atoms with Crippen LogP contribution in [0.5, 0.6) is 11.5 Å². The Morgan fingerprint density at radius 1 is 1.07 bits per heavy atom. The predicted octanol–water partition coefficient (Wildman–Crippen LogP) is 4.23. The molecule has 2 aromatic carbocycles. The number of ketones is 1. The van der Waals surface area contributed by atoms with Crippen LogP contribution >= 0.6 is 0 Å². The largest absolute Gasteiger partial charge is 0.497 e. The second-order valence-electron chi connectivity index (χ2n) is 7.86. The van der Waals surface area contributed by atoms with E-state index in [0.29, 0.717) is 25.1 Å². The highest BCUT2D eigenvalue weighted by molar-refractivity contribution is 6.10. The lowest BCUT2D eigenvalue weighted by Gasteiger charge is -2.19. The zero-order chi connectivity index (χ0) is 21.1. The highest BCUT2D eigenvalue weighted by Gasteiger charge is 2.32. The molecule has 1 heterocycles. The molecular weight excluding hydrogens is 378 g/mol. The third-order valence-corrected chi connectivity index (χ3v) is 6.17. The number of ether oxygens (including phenoxy) is 2. The van der Waals surface area contributed by atoms with Crippen molar-refractivity contribution in [1.82, 2.24) is 4.90 Å². The zero-order valence-corrected chi connectivity index (χ0v) is 17.5. The van der Waals surface area contributed by atoms with Crippen molar-refractivity contribution in [2.75, 3.05) is 27.3 Å². The van der Waals surface area contributed by atoms with Gasteiger partial charge in [-0.2, -0.15) is 0 Å². The van der Waals surface area contributed by atoms with Crippen LogP contribution < -0.4 is 9.47 Å². The van der Waals surface area contributed by atoms with Gasteiger partial charge in [-0.1, -0.05) is 30.3 Å². The maximum absolute atomic E-state index is 13.1. The van der Waals surface area contributed by atoms with Gasteiger partial charge in [-0.15, -0.1) is 0 Å². The van der Waals surface area contributed by atoms with Crippen molar-refractivity contribution in [3.8, 4) is 11.5 Å². The molecule has 4 rings (SSSR count). The van der Waals surface area contributed by atoms with Crippen molar-refractivity contribution in [3.05, 3.63) is 65.2 Å². The van der Waals surface area contributed by atoms with Crippen molar-refractivity contribution in [1.29, 1.82) is 0 Å². The summed E-state index contributed by atoms with van der Waals surface area (Å²) in [4.78, 5) is 27.4. The molecular formula is C25H27NO4. The molecule has 1 aliphatic heterocycles. The number of rotatable bonds is 6. The highest BCUT2D eigenvalue weighted by Crippen LogP contribution is 2.37. The molecule has 0 aromatic heterocycles. The molecule has 5 heteroatoms. The Bertz CT molecular complexity index is 980. The second-order valence-corrected chi connectivity index (χ2v) is 7.86. The zero-order valence-electron chi connectivity index (χ0n) is 17.5. The molecule has 156 valence electrons. The lowest BCUT2D eigenvalue weighted by molar-refractivity contribution is -0.130. The van der Waals surface area contributed by atoms with E-state index in [2.05, 4.69) is 0 Å². The van der Waals surface area contributed by atoms with E-state index in [9.17, 15) is 9.59 Å². The monoisotopic (exact) mass is 405 g/mol. The molecule has 0 spiro atoms. The van der Waals surface area contributed by atoms with Gasteiger partial charge >= 0.3 is 0 Å². The van der Waals surface area contributed by atoms with Crippen LogP contribution in [0.25, 0.3) is 5.57 Å². The number of allylic oxidation sites excluding steroid dienone is 1. The lowest BCUT2D eigenvalue weighted by Crippen LogP contribution is -2.29. The molecule has 1 atom stereocenters. The van der Waals surface area contributed by atoms with Crippen LogP contribution in [0.2, 0.25) is 0 Å². The van der Waals surface area contributed by atoms with Gasteiger partial charge in [0.25, 0.3) is 0 Å². The Hall–Kier alpha value is -3.08. The number of likely N-dealkylation sites (tertiary alicyclic amines) is 1. The molecule has 1 amide bonds. The van der Waals surface area contributed by atoms with Gasteiger partial charge in [-0.25, -0.2) is 0 Å². The van der Waals surface area contributed by atoms with Gasteiger partial charge in [0, 0.05) is 36.6 Å². The van der Waals surface area contributed by atoms with Crippen LogP contribution in [-0.2, 0) is 9.59 Å². The molecule has 0 N–H and O–H groups in total. The molecule has 1 aliphatic carbocycles. The maximum Gasteiger partial charge on any atom is 0.227 e. The summed E-state index contributed by atoms with van der Waals surface area (Å²) in [5, 5.41) is 0. The van der Waals surface area contributed by atoms with Crippen LogP contribution in [0.1, 0.15) is 42.7 Å². The smallest absolute Gasteiger partial charge is 0.227 e. The van der Waals surface area contributed by atoms with E-state index < -0.39 is 0 Å². The van der Waals surface area contributed by atoms with Crippen LogP contribution in [-0.4, -0.2) is 43.9 Å². The van der Waals surface area contributed by atoms with E-state index in [1.165, 1.54) is 0 Å². The van der Waals surface area contributed by atoms with Crippen LogP contribution in [0.15, 0.2) is 54.1 Å². The van der Waals surface area contributed by atoms with Crippen molar-refractivity contribution in [2.45, 2.75) is 31.6 Å². The van der Waals surface area contributed by atoms with E-state index in [1.807, 2.05) is 53.4 Å². The molecule has 0 bridgehead atoms. The number of carbonyl (C=O) groups excluding carboxylic acids is 2. The highest BCUT2D eigenvalue weighted by atomic mass is 16.5. The molecule has 0 saturated carbocycles. The van der Waals surface area contributed by atoms with E-state index in [-0.39, 0.29) is 24.0 Å². The number of carbonyl (C=O) groups is 2. The molecule has 2 aromatic rings. The lowest BCUT2D eigenvalue weighted by atomic mass is 9.97. The van der Waals surface area contributed by atoms with E-state index >= 15 is 0 Å². The fourth-order valence-electron chi connectivity index (χ4n) is 4.53. The fourth-order valence-corrected chi connectivity index (χ4v) is 4.53. The summed E-state index contributed by atoms with van der Waals surface area (Å²) in [6.45, 7) is 1.32. The Balaban J connectivity index is 1.50. The topological polar surface area (TPSA) is 55.8 Å². The Morgan fingerprint density at radius 2 is 1.87 bits per heavy atom. The summed E-state index contributed by atoms with van der Waals surface area (Å²) in [6.07, 6.45) is 2.27. The number of nitrogens with zero attached hydrogens (tertiary/aromatic N) is 1. The molecule has 1 saturated heterocycles. The number of amides is 1. The molecule has 30 heavy (non-hydrogen) atoms. The van der Waals surface area contributed by atoms with Gasteiger partial charge in [0.05, 0.1) is 20.6 Å².